The molecule has 0 radical (unpaired) electrons. The van der Waals surface area contributed by atoms with E-state index in [0.717, 1.165) is 31.8 Å². The van der Waals surface area contributed by atoms with Crippen molar-refractivity contribution in [2.45, 2.75) is 25.5 Å². The number of fused-ring (bicyclic) bond motifs is 3. The van der Waals surface area contributed by atoms with E-state index < -0.39 is 0 Å². The Morgan fingerprint density at radius 1 is 1.20 bits per heavy atom. The largest absolute Gasteiger partial charge is 0.370 e. The van der Waals surface area contributed by atoms with Gasteiger partial charge in [0.15, 0.2) is 0 Å². The van der Waals surface area contributed by atoms with Crippen LogP contribution >= 0.6 is 12.4 Å². The van der Waals surface area contributed by atoms with E-state index in [9.17, 15) is 0 Å². The first-order valence-corrected chi connectivity index (χ1v) is 7.21. The van der Waals surface area contributed by atoms with Gasteiger partial charge in [0.1, 0.15) is 6.10 Å². The highest BCUT2D eigenvalue weighted by atomic mass is 35.5. The molecule has 0 spiro atoms. The predicted octanol–water partition coefficient (Wildman–Crippen LogP) is 2.53. The highest BCUT2D eigenvalue weighted by Gasteiger charge is 2.32. The third kappa shape index (κ3) is 2.22. The van der Waals surface area contributed by atoms with Crippen molar-refractivity contribution in [3.8, 4) is 0 Å². The zero-order chi connectivity index (χ0) is 12.7. The van der Waals surface area contributed by atoms with E-state index >= 15 is 0 Å². The van der Waals surface area contributed by atoms with Crippen LogP contribution in [0.5, 0.6) is 0 Å². The summed E-state index contributed by atoms with van der Waals surface area (Å²) in [6.07, 6.45) is 2.62. The van der Waals surface area contributed by atoms with Crippen LogP contribution in [0, 0.1) is 5.92 Å². The molecule has 1 unspecified atom stereocenters. The summed E-state index contributed by atoms with van der Waals surface area (Å²) in [6.45, 7) is 3.88. The molecule has 2 aromatic rings. The topological polar surface area (TPSA) is 39.1 Å². The van der Waals surface area contributed by atoms with Crippen LogP contribution in [0.15, 0.2) is 24.3 Å². The number of nitrogens with one attached hydrogen (secondary N) is 1. The molecule has 20 heavy (non-hydrogen) atoms. The van der Waals surface area contributed by atoms with E-state index in [-0.39, 0.29) is 18.5 Å². The van der Waals surface area contributed by atoms with Gasteiger partial charge >= 0.3 is 0 Å². The first kappa shape index (κ1) is 13.9. The lowest BCUT2D eigenvalue weighted by atomic mass is 9.88. The molecule has 4 rings (SSSR count). The number of halogens is 1. The van der Waals surface area contributed by atoms with Gasteiger partial charge in [0.05, 0.1) is 24.4 Å². The molecule has 1 aromatic carbocycles. The van der Waals surface area contributed by atoms with Crippen molar-refractivity contribution in [1.29, 1.82) is 0 Å². The van der Waals surface area contributed by atoms with Crippen LogP contribution in [-0.4, -0.2) is 29.5 Å². The van der Waals surface area contributed by atoms with Crippen LogP contribution in [0.4, 0.5) is 0 Å². The quantitative estimate of drug-likeness (QED) is 0.878. The fourth-order valence-corrected chi connectivity index (χ4v) is 3.42. The third-order valence-corrected chi connectivity index (χ3v) is 4.37. The van der Waals surface area contributed by atoms with Gasteiger partial charge < -0.3 is 10.1 Å². The Labute approximate surface area is 124 Å². The molecule has 4 nitrogen and oxygen atoms in total. The maximum atomic E-state index is 6.12. The Hall–Kier alpha value is -1.10. The molecule has 108 valence electrons. The summed E-state index contributed by atoms with van der Waals surface area (Å²) in [6, 6.07) is 8.43. The summed E-state index contributed by atoms with van der Waals surface area (Å²) in [5.41, 5.74) is 2.40. The lowest BCUT2D eigenvalue weighted by Gasteiger charge is -2.33. The number of piperidine rings is 1. The Morgan fingerprint density at radius 3 is 2.85 bits per heavy atom. The molecule has 0 bridgehead atoms. The van der Waals surface area contributed by atoms with Gasteiger partial charge in [-0.1, -0.05) is 18.2 Å². The molecule has 1 atom stereocenters. The number of rotatable bonds is 1. The fourth-order valence-electron chi connectivity index (χ4n) is 3.42. The van der Waals surface area contributed by atoms with Crippen molar-refractivity contribution in [3.05, 3.63) is 30.0 Å². The molecule has 1 N–H and O–H groups in total. The van der Waals surface area contributed by atoms with E-state index in [4.69, 9.17) is 9.84 Å². The highest BCUT2D eigenvalue weighted by Crippen LogP contribution is 2.37. The van der Waals surface area contributed by atoms with Crippen molar-refractivity contribution in [2.24, 2.45) is 5.92 Å². The zero-order valence-electron chi connectivity index (χ0n) is 11.4. The Bertz CT molecular complexity index is 592. The fraction of sp³-hybridized carbons (Fsp3) is 0.533. The first-order chi connectivity index (χ1) is 9.43. The second-order valence-corrected chi connectivity index (χ2v) is 5.50. The van der Waals surface area contributed by atoms with E-state index in [2.05, 4.69) is 34.3 Å². The molecule has 1 saturated heterocycles. The molecular weight excluding hydrogens is 274 g/mol. The van der Waals surface area contributed by atoms with Gasteiger partial charge in [0, 0.05) is 5.39 Å². The van der Waals surface area contributed by atoms with Gasteiger partial charge in [-0.2, -0.15) is 5.10 Å². The molecule has 0 saturated carbocycles. The maximum absolute atomic E-state index is 6.12. The molecule has 5 heteroatoms. The number of aromatic nitrogens is 2. The summed E-state index contributed by atoms with van der Waals surface area (Å²) in [4.78, 5) is 0. The van der Waals surface area contributed by atoms with Crippen molar-refractivity contribution in [2.75, 3.05) is 19.7 Å². The lowest BCUT2D eigenvalue weighted by molar-refractivity contribution is -0.0276. The lowest BCUT2D eigenvalue weighted by Crippen LogP contribution is -2.35. The van der Waals surface area contributed by atoms with E-state index in [0.29, 0.717) is 5.92 Å². The third-order valence-electron chi connectivity index (χ3n) is 4.37. The number of ether oxygens (including phenoxy) is 1. The second-order valence-electron chi connectivity index (χ2n) is 5.50. The summed E-state index contributed by atoms with van der Waals surface area (Å²) in [7, 11) is 0. The minimum atomic E-state index is 0. The maximum Gasteiger partial charge on any atom is 0.103 e. The van der Waals surface area contributed by atoms with Crippen molar-refractivity contribution in [3.63, 3.8) is 0 Å². The van der Waals surface area contributed by atoms with Gasteiger partial charge in [-0.05, 0) is 37.9 Å². The van der Waals surface area contributed by atoms with Gasteiger partial charge in [-0.25, -0.2) is 0 Å². The number of nitrogens with zero attached hydrogens (tertiary/aromatic N) is 2. The molecule has 2 aliphatic rings. The van der Waals surface area contributed by atoms with Crippen LogP contribution in [0.25, 0.3) is 10.9 Å². The number of benzene rings is 1. The zero-order valence-corrected chi connectivity index (χ0v) is 12.2. The molecule has 2 aliphatic heterocycles. The number of hydrogen-bond donors (Lipinski definition) is 1. The van der Waals surface area contributed by atoms with Crippen LogP contribution in [0.2, 0.25) is 0 Å². The van der Waals surface area contributed by atoms with E-state index in [1.54, 1.807) is 0 Å². The summed E-state index contributed by atoms with van der Waals surface area (Å²) in [5, 5.41) is 9.42. The number of hydrogen-bond acceptors (Lipinski definition) is 3. The minimum absolute atomic E-state index is 0. The van der Waals surface area contributed by atoms with Crippen LogP contribution in [0.1, 0.15) is 24.6 Å². The van der Waals surface area contributed by atoms with Gasteiger partial charge in [0.25, 0.3) is 0 Å². The normalized spacial score (nSPS) is 23.3. The smallest absolute Gasteiger partial charge is 0.103 e. The predicted molar refractivity (Wildman–Crippen MR) is 81.3 cm³/mol. The highest BCUT2D eigenvalue weighted by molar-refractivity contribution is 5.85. The molecular formula is C15H20ClN3O. The van der Waals surface area contributed by atoms with Gasteiger partial charge in [-0.15, -0.1) is 12.4 Å². The molecule has 1 aromatic heterocycles. The SMILES string of the molecule is Cl.c1ccc2c3n(nc2c1)CCOC3C1CCNCC1. The Morgan fingerprint density at radius 2 is 2.00 bits per heavy atom. The standard InChI is InChI=1S/C15H19N3O.ClH/c1-2-4-13-12(3-1)14-15(11-5-7-16-8-6-11)19-10-9-18(14)17-13;/h1-4,11,15-16H,5-10H2;1H. The van der Waals surface area contributed by atoms with Crippen molar-refractivity contribution in [1.82, 2.24) is 15.1 Å². The minimum Gasteiger partial charge on any atom is -0.370 e. The Balaban J connectivity index is 0.00000121. The molecule has 0 aliphatic carbocycles. The average molecular weight is 294 g/mol. The monoisotopic (exact) mass is 293 g/mol. The van der Waals surface area contributed by atoms with Crippen LogP contribution in [-0.2, 0) is 11.3 Å². The van der Waals surface area contributed by atoms with Crippen molar-refractivity contribution < 1.29 is 4.74 Å². The molecule has 3 heterocycles. The summed E-state index contributed by atoms with van der Waals surface area (Å²) in [5.74, 6) is 0.625. The first-order valence-electron chi connectivity index (χ1n) is 7.21. The van der Waals surface area contributed by atoms with Crippen molar-refractivity contribution >= 4 is 23.3 Å². The van der Waals surface area contributed by atoms with E-state index in [1.807, 2.05) is 0 Å². The molecule has 1 fully saturated rings. The summed E-state index contributed by atoms with van der Waals surface area (Å²) < 4.78 is 8.29. The van der Waals surface area contributed by atoms with E-state index in [1.165, 1.54) is 23.9 Å². The summed E-state index contributed by atoms with van der Waals surface area (Å²) >= 11 is 0. The van der Waals surface area contributed by atoms with Crippen LogP contribution < -0.4 is 5.32 Å². The average Bonchev–Trinajstić information content (AvgIpc) is 2.86. The second kappa shape index (κ2) is 5.72. The van der Waals surface area contributed by atoms with Gasteiger partial charge in [0.2, 0.25) is 0 Å². The molecule has 0 amide bonds. The van der Waals surface area contributed by atoms with Gasteiger partial charge in [-0.3, -0.25) is 4.68 Å². The van der Waals surface area contributed by atoms with Crippen LogP contribution in [0.3, 0.4) is 0 Å². The Kier molecular flexibility index (Phi) is 3.96.